The van der Waals surface area contributed by atoms with Gasteiger partial charge in [0.25, 0.3) is 0 Å². The number of thiazole rings is 1. The SMILES string of the molecule is Cc1ccc(C(=O)Cc2nc(C(C)(C)C)cs2)cc1Nc1ccnn1-c1cc(N)ncn1. The summed E-state index contributed by atoms with van der Waals surface area (Å²) < 4.78 is 1.63. The fourth-order valence-corrected chi connectivity index (χ4v) is 4.12. The number of Topliss-reactive ketones (excluding diaryl/α,β-unsaturated/α-hetero) is 1. The standard InChI is InChI=1S/C23H25N7OS/c1-14-5-6-15(17(31)10-22-29-18(12-32-22)23(2,3)4)9-16(14)28-20-7-8-27-30(20)21-11-19(24)25-13-26-21/h5-9,11-13,28H,10H2,1-4H3,(H2,24,25,26). The van der Waals surface area contributed by atoms with Gasteiger partial charge in [-0.2, -0.15) is 9.78 Å². The third-order valence-electron chi connectivity index (χ3n) is 4.99. The summed E-state index contributed by atoms with van der Waals surface area (Å²) in [5.41, 5.74) is 9.20. The van der Waals surface area contributed by atoms with Crippen molar-refractivity contribution >= 4 is 34.4 Å². The van der Waals surface area contributed by atoms with Crippen molar-refractivity contribution in [3.63, 3.8) is 0 Å². The molecular formula is C23H25N7OS. The van der Waals surface area contributed by atoms with Crippen molar-refractivity contribution in [2.24, 2.45) is 0 Å². The summed E-state index contributed by atoms with van der Waals surface area (Å²) in [7, 11) is 0. The zero-order chi connectivity index (χ0) is 22.9. The minimum Gasteiger partial charge on any atom is -0.384 e. The van der Waals surface area contributed by atoms with Crippen LogP contribution in [0.3, 0.4) is 0 Å². The molecule has 3 N–H and O–H groups in total. The van der Waals surface area contributed by atoms with Crippen LogP contribution in [0.2, 0.25) is 0 Å². The summed E-state index contributed by atoms with van der Waals surface area (Å²) >= 11 is 1.53. The number of hydrogen-bond donors (Lipinski definition) is 2. The number of anilines is 3. The Morgan fingerprint density at radius 1 is 1.19 bits per heavy atom. The number of ketones is 1. The second-order valence-electron chi connectivity index (χ2n) is 8.56. The highest BCUT2D eigenvalue weighted by molar-refractivity contribution is 7.09. The van der Waals surface area contributed by atoms with Gasteiger partial charge < -0.3 is 11.1 Å². The lowest BCUT2D eigenvalue weighted by Crippen LogP contribution is -2.12. The number of aryl methyl sites for hydroxylation is 1. The van der Waals surface area contributed by atoms with Crippen molar-refractivity contribution in [3.05, 3.63) is 70.1 Å². The largest absolute Gasteiger partial charge is 0.384 e. The fourth-order valence-electron chi connectivity index (χ4n) is 3.10. The molecule has 0 aliphatic heterocycles. The van der Waals surface area contributed by atoms with Crippen molar-refractivity contribution in [2.45, 2.75) is 39.5 Å². The van der Waals surface area contributed by atoms with E-state index in [1.165, 1.54) is 17.7 Å². The number of carbonyl (C=O) groups is 1. The first-order chi connectivity index (χ1) is 15.2. The fraction of sp³-hybridized carbons (Fsp3) is 0.261. The van der Waals surface area contributed by atoms with E-state index in [0.717, 1.165) is 22.0 Å². The van der Waals surface area contributed by atoms with Crippen LogP contribution in [0.1, 0.15) is 47.4 Å². The van der Waals surface area contributed by atoms with Gasteiger partial charge in [0.1, 0.15) is 23.0 Å². The van der Waals surface area contributed by atoms with Crippen molar-refractivity contribution in [2.75, 3.05) is 11.1 Å². The van der Waals surface area contributed by atoms with Crippen LogP contribution in [-0.2, 0) is 11.8 Å². The van der Waals surface area contributed by atoms with Gasteiger partial charge in [-0.25, -0.2) is 15.0 Å². The number of carbonyl (C=O) groups excluding carboxylic acids is 1. The first-order valence-corrected chi connectivity index (χ1v) is 11.1. The monoisotopic (exact) mass is 447 g/mol. The molecule has 0 spiro atoms. The molecule has 0 aliphatic carbocycles. The van der Waals surface area contributed by atoms with E-state index in [2.05, 4.69) is 46.1 Å². The molecule has 0 atom stereocenters. The van der Waals surface area contributed by atoms with E-state index in [1.807, 2.05) is 36.6 Å². The van der Waals surface area contributed by atoms with Crippen LogP contribution in [0.5, 0.6) is 0 Å². The number of nitrogens with zero attached hydrogens (tertiary/aromatic N) is 5. The molecule has 0 fully saturated rings. The van der Waals surface area contributed by atoms with Gasteiger partial charge >= 0.3 is 0 Å². The highest BCUT2D eigenvalue weighted by Gasteiger charge is 2.19. The van der Waals surface area contributed by atoms with E-state index < -0.39 is 0 Å². The Bertz CT molecular complexity index is 1270. The molecule has 0 aliphatic rings. The van der Waals surface area contributed by atoms with E-state index in [-0.39, 0.29) is 17.6 Å². The zero-order valence-corrected chi connectivity index (χ0v) is 19.3. The predicted molar refractivity (Wildman–Crippen MR) is 127 cm³/mol. The Labute approximate surface area is 190 Å². The second kappa shape index (κ2) is 8.51. The smallest absolute Gasteiger partial charge is 0.169 e. The maximum Gasteiger partial charge on any atom is 0.169 e. The number of nitrogens with one attached hydrogen (secondary N) is 1. The maximum atomic E-state index is 13.0. The number of nitrogens with two attached hydrogens (primary N) is 1. The normalized spacial score (nSPS) is 11.5. The Kier molecular flexibility index (Phi) is 5.75. The molecule has 0 saturated carbocycles. The van der Waals surface area contributed by atoms with Gasteiger partial charge in [0, 0.05) is 34.2 Å². The van der Waals surface area contributed by atoms with Crippen LogP contribution in [0.15, 0.2) is 48.2 Å². The average Bonchev–Trinajstić information content (AvgIpc) is 3.39. The first kappa shape index (κ1) is 21.6. The minimum absolute atomic E-state index is 0.0277. The maximum absolute atomic E-state index is 13.0. The average molecular weight is 448 g/mol. The van der Waals surface area contributed by atoms with Gasteiger partial charge in [0.15, 0.2) is 11.6 Å². The molecule has 3 heterocycles. The van der Waals surface area contributed by atoms with E-state index in [9.17, 15) is 4.79 Å². The summed E-state index contributed by atoms with van der Waals surface area (Å²) in [6.45, 7) is 8.33. The molecule has 0 unspecified atom stereocenters. The molecule has 0 radical (unpaired) electrons. The molecular weight excluding hydrogens is 422 g/mol. The quantitative estimate of drug-likeness (QED) is 0.419. The predicted octanol–water partition coefficient (Wildman–Crippen LogP) is 4.48. The summed E-state index contributed by atoms with van der Waals surface area (Å²) in [4.78, 5) is 25.8. The van der Waals surface area contributed by atoms with E-state index in [0.29, 0.717) is 23.0 Å². The lowest BCUT2D eigenvalue weighted by molar-refractivity contribution is 0.0993. The zero-order valence-electron chi connectivity index (χ0n) is 18.5. The van der Waals surface area contributed by atoms with Crippen molar-refractivity contribution in [1.29, 1.82) is 0 Å². The third-order valence-corrected chi connectivity index (χ3v) is 5.84. The molecule has 9 heteroatoms. The Hall–Kier alpha value is -3.59. The van der Waals surface area contributed by atoms with Gasteiger partial charge in [-0.1, -0.05) is 32.9 Å². The van der Waals surface area contributed by atoms with Crippen LogP contribution in [-0.4, -0.2) is 30.5 Å². The number of hydrogen-bond acceptors (Lipinski definition) is 8. The molecule has 1 aromatic carbocycles. The van der Waals surface area contributed by atoms with E-state index in [4.69, 9.17) is 5.73 Å². The van der Waals surface area contributed by atoms with Gasteiger partial charge in [-0.15, -0.1) is 11.3 Å². The molecule has 0 amide bonds. The van der Waals surface area contributed by atoms with E-state index in [1.54, 1.807) is 16.9 Å². The number of benzene rings is 1. The van der Waals surface area contributed by atoms with Gasteiger partial charge in [0.05, 0.1) is 18.3 Å². The minimum atomic E-state index is -0.0317. The van der Waals surface area contributed by atoms with Crippen molar-refractivity contribution < 1.29 is 4.79 Å². The molecule has 8 nitrogen and oxygen atoms in total. The van der Waals surface area contributed by atoms with Crippen LogP contribution in [0, 0.1) is 6.92 Å². The molecule has 32 heavy (non-hydrogen) atoms. The Morgan fingerprint density at radius 3 is 2.72 bits per heavy atom. The third kappa shape index (κ3) is 4.67. The molecule has 3 aromatic heterocycles. The number of nitrogen functional groups attached to an aromatic ring is 1. The molecule has 0 saturated heterocycles. The Morgan fingerprint density at radius 2 is 2.00 bits per heavy atom. The number of rotatable bonds is 6. The highest BCUT2D eigenvalue weighted by atomic mass is 32.1. The van der Waals surface area contributed by atoms with Gasteiger partial charge in [-0.05, 0) is 18.6 Å². The summed E-state index contributed by atoms with van der Waals surface area (Å²) in [6, 6.07) is 9.12. The summed E-state index contributed by atoms with van der Waals surface area (Å²) in [5.74, 6) is 1.64. The lowest BCUT2D eigenvalue weighted by atomic mass is 9.93. The van der Waals surface area contributed by atoms with Crippen LogP contribution < -0.4 is 11.1 Å². The summed E-state index contributed by atoms with van der Waals surface area (Å²) in [6.07, 6.45) is 3.34. The van der Waals surface area contributed by atoms with Gasteiger partial charge in [-0.3, -0.25) is 4.79 Å². The molecule has 4 aromatic rings. The van der Waals surface area contributed by atoms with Crippen molar-refractivity contribution in [1.82, 2.24) is 24.7 Å². The number of aromatic nitrogens is 5. The van der Waals surface area contributed by atoms with Crippen LogP contribution >= 0.6 is 11.3 Å². The Balaban J connectivity index is 1.56. The molecule has 0 bridgehead atoms. The molecule has 164 valence electrons. The first-order valence-electron chi connectivity index (χ1n) is 10.2. The van der Waals surface area contributed by atoms with E-state index >= 15 is 0 Å². The van der Waals surface area contributed by atoms with Crippen molar-refractivity contribution in [3.8, 4) is 5.82 Å². The lowest BCUT2D eigenvalue weighted by Gasteiger charge is -2.14. The highest BCUT2D eigenvalue weighted by Crippen LogP contribution is 2.26. The van der Waals surface area contributed by atoms with Gasteiger partial charge in [0.2, 0.25) is 0 Å². The van der Waals surface area contributed by atoms with Crippen LogP contribution in [0.4, 0.5) is 17.3 Å². The second-order valence-corrected chi connectivity index (χ2v) is 9.50. The summed E-state index contributed by atoms with van der Waals surface area (Å²) in [5, 5.41) is 10.5. The molecule has 4 rings (SSSR count). The van der Waals surface area contributed by atoms with Crippen LogP contribution in [0.25, 0.3) is 5.82 Å². The topological polar surface area (TPSA) is 112 Å².